The molecule has 20 heavy (non-hydrogen) atoms. The molecule has 0 spiro atoms. The van der Waals surface area contributed by atoms with Gasteiger partial charge in [0, 0.05) is 7.05 Å². The smallest absolute Gasteiger partial charge is 0.410 e. The highest BCUT2D eigenvalue weighted by molar-refractivity contribution is 5.68. The highest BCUT2D eigenvalue weighted by Crippen LogP contribution is 2.19. The monoisotopic (exact) mass is 269 g/mol. The molecule has 1 unspecified atom stereocenters. The molecule has 0 aliphatic heterocycles. The van der Waals surface area contributed by atoms with E-state index < -0.39 is 0 Å². The summed E-state index contributed by atoms with van der Waals surface area (Å²) < 4.78 is 5.32. The molecule has 104 valence electrons. The van der Waals surface area contributed by atoms with Crippen LogP contribution in [-0.2, 0) is 11.3 Å². The predicted molar refractivity (Wildman–Crippen MR) is 79.2 cm³/mol. The molecule has 0 aromatic heterocycles. The van der Waals surface area contributed by atoms with Gasteiger partial charge in [0.1, 0.15) is 6.61 Å². The van der Waals surface area contributed by atoms with Crippen LogP contribution in [0, 0.1) is 0 Å². The average molecular weight is 269 g/mol. The number of hydrogen-bond acceptors (Lipinski definition) is 2. The van der Waals surface area contributed by atoms with Crippen molar-refractivity contribution in [1.82, 2.24) is 4.90 Å². The Morgan fingerprint density at radius 2 is 1.60 bits per heavy atom. The van der Waals surface area contributed by atoms with Crippen molar-refractivity contribution in [1.29, 1.82) is 0 Å². The van der Waals surface area contributed by atoms with E-state index in [1.807, 2.05) is 67.6 Å². The first-order chi connectivity index (χ1) is 9.68. The number of benzene rings is 2. The molecular weight excluding hydrogens is 250 g/mol. The second kappa shape index (κ2) is 6.75. The highest BCUT2D eigenvalue weighted by Gasteiger charge is 2.18. The molecule has 0 heterocycles. The van der Waals surface area contributed by atoms with E-state index in [9.17, 15) is 4.79 Å². The van der Waals surface area contributed by atoms with Gasteiger partial charge in [-0.2, -0.15) is 0 Å². The first kappa shape index (κ1) is 14.1. The number of ether oxygens (including phenoxy) is 1. The normalized spacial score (nSPS) is 11.7. The van der Waals surface area contributed by atoms with Crippen LogP contribution >= 0.6 is 0 Å². The highest BCUT2D eigenvalue weighted by atomic mass is 16.6. The van der Waals surface area contributed by atoms with E-state index in [4.69, 9.17) is 4.74 Å². The van der Waals surface area contributed by atoms with Gasteiger partial charge in [-0.05, 0) is 18.1 Å². The number of carbonyl (C=O) groups excluding carboxylic acids is 1. The standard InChI is InChI=1S/C17H19NO2/c1-14(16-11-7-4-8-12-16)18(2)17(19)20-13-15-9-5-3-6-10-15/h3-12,14H,13H2,1-2H3. The fourth-order valence-corrected chi connectivity index (χ4v) is 1.93. The lowest BCUT2D eigenvalue weighted by Crippen LogP contribution is -2.30. The number of nitrogens with zero attached hydrogens (tertiary/aromatic N) is 1. The summed E-state index contributed by atoms with van der Waals surface area (Å²) in [7, 11) is 1.75. The fourth-order valence-electron chi connectivity index (χ4n) is 1.93. The van der Waals surface area contributed by atoms with E-state index in [1.165, 1.54) is 0 Å². The van der Waals surface area contributed by atoms with Gasteiger partial charge in [0.2, 0.25) is 0 Å². The summed E-state index contributed by atoms with van der Waals surface area (Å²) in [6.45, 7) is 2.28. The second-order valence-electron chi connectivity index (χ2n) is 4.74. The molecule has 1 amide bonds. The van der Waals surface area contributed by atoms with Crippen LogP contribution in [0.4, 0.5) is 4.79 Å². The van der Waals surface area contributed by atoms with E-state index in [-0.39, 0.29) is 12.1 Å². The lowest BCUT2D eigenvalue weighted by molar-refractivity contribution is 0.0934. The van der Waals surface area contributed by atoms with Gasteiger partial charge in [-0.3, -0.25) is 0 Å². The van der Waals surface area contributed by atoms with Gasteiger partial charge >= 0.3 is 6.09 Å². The van der Waals surface area contributed by atoms with Crippen molar-refractivity contribution in [2.45, 2.75) is 19.6 Å². The van der Waals surface area contributed by atoms with E-state index in [0.717, 1.165) is 11.1 Å². The summed E-state index contributed by atoms with van der Waals surface area (Å²) in [5, 5.41) is 0. The molecule has 3 heteroatoms. The summed E-state index contributed by atoms with van der Waals surface area (Å²) in [6, 6.07) is 19.6. The Morgan fingerprint density at radius 3 is 2.20 bits per heavy atom. The molecule has 0 aliphatic carbocycles. The Labute approximate surface area is 119 Å². The van der Waals surface area contributed by atoms with Crippen LogP contribution in [0.15, 0.2) is 60.7 Å². The molecule has 2 aromatic rings. The van der Waals surface area contributed by atoms with Crippen molar-refractivity contribution in [3.63, 3.8) is 0 Å². The Balaban J connectivity index is 1.92. The van der Waals surface area contributed by atoms with Crippen LogP contribution in [0.5, 0.6) is 0 Å². The molecule has 2 rings (SSSR count). The lowest BCUT2D eigenvalue weighted by Gasteiger charge is -2.24. The van der Waals surface area contributed by atoms with Crippen LogP contribution in [-0.4, -0.2) is 18.0 Å². The molecule has 0 saturated heterocycles. The molecule has 0 fully saturated rings. The van der Waals surface area contributed by atoms with E-state index in [2.05, 4.69) is 0 Å². The first-order valence-electron chi connectivity index (χ1n) is 6.67. The van der Waals surface area contributed by atoms with Crippen molar-refractivity contribution in [2.24, 2.45) is 0 Å². The Bertz CT molecular complexity index is 539. The largest absolute Gasteiger partial charge is 0.445 e. The van der Waals surface area contributed by atoms with Gasteiger partial charge in [0.15, 0.2) is 0 Å². The Hall–Kier alpha value is -2.29. The maximum Gasteiger partial charge on any atom is 0.410 e. The van der Waals surface area contributed by atoms with Crippen LogP contribution in [0.1, 0.15) is 24.1 Å². The Morgan fingerprint density at radius 1 is 1.05 bits per heavy atom. The number of rotatable bonds is 4. The third-order valence-electron chi connectivity index (χ3n) is 3.36. The summed E-state index contributed by atoms with van der Waals surface area (Å²) in [5.41, 5.74) is 2.08. The van der Waals surface area contributed by atoms with Crippen molar-refractivity contribution in [3.8, 4) is 0 Å². The van der Waals surface area contributed by atoms with E-state index in [1.54, 1.807) is 11.9 Å². The quantitative estimate of drug-likeness (QED) is 0.839. The van der Waals surface area contributed by atoms with Crippen molar-refractivity contribution >= 4 is 6.09 Å². The van der Waals surface area contributed by atoms with Gasteiger partial charge in [-0.25, -0.2) is 4.79 Å². The topological polar surface area (TPSA) is 29.5 Å². The number of carbonyl (C=O) groups is 1. The van der Waals surface area contributed by atoms with Crippen molar-refractivity contribution in [2.75, 3.05) is 7.05 Å². The summed E-state index contributed by atoms with van der Waals surface area (Å²) in [5.74, 6) is 0. The summed E-state index contributed by atoms with van der Waals surface area (Å²) in [4.78, 5) is 13.6. The van der Waals surface area contributed by atoms with Gasteiger partial charge in [-0.1, -0.05) is 60.7 Å². The predicted octanol–water partition coefficient (Wildman–Crippen LogP) is 4.02. The third-order valence-corrected chi connectivity index (χ3v) is 3.36. The maximum absolute atomic E-state index is 12.0. The number of amides is 1. The second-order valence-corrected chi connectivity index (χ2v) is 4.74. The number of hydrogen-bond donors (Lipinski definition) is 0. The minimum absolute atomic E-state index is 0.0144. The van der Waals surface area contributed by atoms with Crippen molar-refractivity contribution < 1.29 is 9.53 Å². The van der Waals surface area contributed by atoms with Crippen LogP contribution < -0.4 is 0 Å². The molecule has 0 N–H and O–H groups in total. The van der Waals surface area contributed by atoms with E-state index >= 15 is 0 Å². The maximum atomic E-state index is 12.0. The SMILES string of the molecule is CC(c1ccccc1)N(C)C(=O)OCc1ccccc1. The zero-order chi connectivity index (χ0) is 14.4. The van der Waals surface area contributed by atoms with E-state index in [0.29, 0.717) is 6.61 Å². The third kappa shape index (κ3) is 3.60. The molecule has 0 saturated carbocycles. The zero-order valence-corrected chi connectivity index (χ0v) is 11.8. The molecule has 1 atom stereocenters. The first-order valence-corrected chi connectivity index (χ1v) is 6.67. The summed E-state index contributed by atoms with van der Waals surface area (Å²) in [6.07, 6.45) is -0.315. The fraction of sp³-hybridized carbons (Fsp3) is 0.235. The van der Waals surface area contributed by atoms with Crippen molar-refractivity contribution in [3.05, 3.63) is 71.8 Å². The van der Waals surface area contributed by atoms with Gasteiger partial charge in [-0.15, -0.1) is 0 Å². The van der Waals surface area contributed by atoms with Crippen LogP contribution in [0.25, 0.3) is 0 Å². The minimum atomic E-state index is -0.315. The van der Waals surface area contributed by atoms with Gasteiger partial charge < -0.3 is 9.64 Å². The lowest BCUT2D eigenvalue weighted by atomic mass is 10.1. The summed E-state index contributed by atoms with van der Waals surface area (Å²) >= 11 is 0. The van der Waals surface area contributed by atoms with Gasteiger partial charge in [0.05, 0.1) is 6.04 Å². The molecular formula is C17H19NO2. The Kier molecular flexibility index (Phi) is 4.77. The molecule has 2 aromatic carbocycles. The average Bonchev–Trinajstić information content (AvgIpc) is 2.53. The van der Waals surface area contributed by atoms with Gasteiger partial charge in [0.25, 0.3) is 0 Å². The molecule has 0 aliphatic rings. The van der Waals surface area contributed by atoms with Crippen LogP contribution in [0.2, 0.25) is 0 Å². The molecule has 0 radical (unpaired) electrons. The zero-order valence-electron chi connectivity index (χ0n) is 11.8. The molecule has 3 nitrogen and oxygen atoms in total. The van der Waals surface area contributed by atoms with Crippen LogP contribution in [0.3, 0.4) is 0 Å². The minimum Gasteiger partial charge on any atom is -0.445 e. The molecule has 0 bridgehead atoms.